The van der Waals surface area contributed by atoms with E-state index in [-0.39, 0.29) is 13.2 Å². The number of carbonyl (C=O) groups is 1. The summed E-state index contributed by atoms with van der Waals surface area (Å²) in [6.45, 7) is 4.24. The van der Waals surface area contributed by atoms with Gasteiger partial charge in [-0.2, -0.15) is 0 Å². The maximum Gasteiger partial charge on any atom is 0.410 e. The Hall–Kier alpha value is -0.800. The van der Waals surface area contributed by atoms with Crippen molar-refractivity contribution in [2.24, 2.45) is 5.92 Å². The highest BCUT2D eigenvalue weighted by Crippen LogP contribution is 2.31. The molecule has 0 radical (unpaired) electrons. The lowest BCUT2D eigenvalue weighted by atomic mass is 9.96. The Labute approximate surface area is 125 Å². The largest absolute Gasteiger partial charge is 0.444 e. The summed E-state index contributed by atoms with van der Waals surface area (Å²) in [5.41, 5.74) is -0.760. The zero-order valence-corrected chi connectivity index (χ0v) is 13.1. The number of rotatable bonds is 4. The molecule has 0 aliphatic carbocycles. The first-order chi connectivity index (χ1) is 9.48. The van der Waals surface area contributed by atoms with Crippen LogP contribution in [-0.4, -0.2) is 56.9 Å². The van der Waals surface area contributed by atoms with Crippen LogP contribution in [0, 0.1) is 5.92 Å². The van der Waals surface area contributed by atoms with Crippen LogP contribution in [0.25, 0.3) is 0 Å². The molecule has 1 aliphatic rings. The van der Waals surface area contributed by atoms with Crippen molar-refractivity contribution in [2.45, 2.75) is 38.7 Å². The minimum atomic E-state index is -3.03. The van der Waals surface area contributed by atoms with E-state index in [1.807, 2.05) is 0 Å². The molecule has 1 aliphatic heterocycles. The van der Waals surface area contributed by atoms with Gasteiger partial charge in [-0.25, -0.2) is 17.8 Å². The van der Waals surface area contributed by atoms with Crippen LogP contribution < -0.4 is 0 Å². The maximum atomic E-state index is 13.7. The van der Waals surface area contributed by atoms with Gasteiger partial charge in [0.25, 0.3) is 5.92 Å². The molecule has 124 valence electrons. The van der Waals surface area contributed by atoms with Gasteiger partial charge in [0.2, 0.25) is 0 Å². The Morgan fingerprint density at radius 1 is 1.48 bits per heavy atom. The third-order valence-electron chi connectivity index (χ3n) is 2.68. The van der Waals surface area contributed by atoms with Crippen LogP contribution >= 0.6 is 0 Å². The minimum absolute atomic E-state index is 0.0720. The summed E-state index contributed by atoms with van der Waals surface area (Å²) in [5.74, 6) is -4.07. The van der Waals surface area contributed by atoms with Crippen LogP contribution in [0.4, 0.5) is 13.6 Å². The van der Waals surface area contributed by atoms with Crippen molar-refractivity contribution in [1.29, 1.82) is 0 Å². The Kier molecular flexibility index (Phi) is 6.06. The Bertz CT molecular complexity index is 400. The summed E-state index contributed by atoms with van der Waals surface area (Å²) in [7, 11) is 0. The molecule has 9 heteroatoms. The van der Waals surface area contributed by atoms with Crippen molar-refractivity contribution in [2.75, 3.05) is 25.6 Å². The zero-order chi connectivity index (χ0) is 16.3. The van der Waals surface area contributed by atoms with E-state index in [9.17, 15) is 17.8 Å². The van der Waals surface area contributed by atoms with E-state index >= 15 is 0 Å². The second-order valence-electron chi connectivity index (χ2n) is 6.10. The summed E-state index contributed by atoms with van der Waals surface area (Å²) in [6, 6.07) is 0. The van der Waals surface area contributed by atoms with Gasteiger partial charge < -0.3 is 18.9 Å². The van der Waals surface area contributed by atoms with Gasteiger partial charge in [-0.3, -0.25) is 0 Å². The van der Waals surface area contributed by atoms with Gasteiger partial charge in [0, 0.05) is 18.9 Å². The molecule has 1 heterocycles. The molecule has 0 bridgehead atoms. The molecule has 0 aromatic heterocycles. The fraction of sp³-hybridized carbons (Fsp3) is 0.917. The number of likely N-dealkylation sites (tertiary alicyclic amines) is 1. The number of nitrogens with zero attached hydrogens (tertiary/aromatic N) is 1. The number of ether oxygens (including phenoxy) is 2. The van der Waals surface area contributed by atoms with Crippen LogP contribution in [-0.2, 0) is 20.6 Å². The summed E-state index contributed by atoms with van der Waals surface area (Å²) in [6.07, 6.45) is -1.22. The van der Waals surface area contributed by atoms with Gasteiger partial charge in [-0.15, -0.1) is 0 Å². The molecule has 6 nitrogen and oxygen atoms in total. The van der Waals surface area contributed by atoms with Crippen molar-refractivity contribution >= 4 is 17.2 Å². The molecule has 0 saturated carbocycles. The molecular formula is C12H21F2NO5S. The SMILES string of the molecule is CC(C)(C)OC(=O)N1CC(COCS(=O)O)CC(F)(F)C1. The molecule has 0 aromatic carbocycles. The third kappa shape index (κ3) is 7.14. The van der Waals surface area contributed by atoms with Crippen molar-refractivity contribution in [3.63, 3.8) is 0 Å². The van der Waals surface area contributed by atoms with E-state index in [1.165, 1.54) is 0 Å². The van der Waals surface area contributed by atoms with Gasteiger partial charge in [0.15, 0.2) is 11.1 Å². The highest BCUT2D eigenvalue weighted by molar-refractivity contribution is 7.79. The van der Waals surface area contributed by atoms with Crippen LogP contribution in [0.15, 0.2) is 0 Å². The fourth-order valence-corrected chi connectivity index (χ4v) is 2.31. The van der Waals surface area contributed by atoms with E-state index in [1.54, 1.807) is 20.8 Å². The smallest absolute Gasteiger partial charge is 0.410 e. The first-order valence-corrected chi connectivity index (χ1v) is 7.77. The monoisotopic (exact) mass is 329 g/mol. The molecule has 2 unspecified atom stereocenters. The van der Waals surface area contributed by atoms with E-state index in [4.69, 9.17) is 14.0 Å². The predicted octanol–water partition coefficient (Wildman–Crippen LogP) is 2.07. The van der Waals surface area contributed by atoms with E-state index in [2.05, 4.69) is 0 Å². The number of halogens is 2. The Morgan fingerprint density at radius 2 is 2.10 bits per heavy atom. The standard InChI is InChI=1S/C12H21F2NO5S/c1-11(2,3)20-10(16)15-5-9(4-12(13,14)7-15)6-19-8-21(17)18/h9H,4-8H2,1-3H3,(H,17,18). The topological polar surface area (TPSA) is 76.1 Å². The first-order valence-electron chi connectivity index (χ1n) is 6.49. The number of hydrogen-bond donors (Lipinski definition) is 1. The minimum Gasteiger partial charge on any atom is -0.444 e. The Balaban J connectivity index is 2.61. The van der Waals surface area contributed by atoms with E-state index in [0.717, 1.165) is 4.90 Å². The summed E-state index contributed by atoms with van der Waals surface area (Å²) >= 11 is -2.13. The molecule has 1 N–H and O–H groups in total. The number of carbonyl (C=O) groups excluding carboxylic acids is 1. The van der Waals surface area contributed by atoms with E-state index < -0.39 is 53.5 Å². The maximum absolute atomic E-state index is 13.7. The normalized spacial score (nSPS) is 23.7. The zero-order valence-electron chi connectivity index (χ0n) is 12.3. The summed E-state index contributed by atoms with van der Waals surface area (Å²) in [4.78, 5) is 12.8. The number of hydrogen-bond acceptors (Lipinski definition) is 4. The van der Waals surface area contributed by atoms with Crippen LogP contribution in [0.5, 0.6) is 0 Å². The molecule has 1 rings (SSSR count). The number of amides is 1. The predicted molar refractivity (Wildman–Crippen MR) is 72.5 cm³/mol. The molecule has 21 heavy (non-hydrogen) atoms. The number of piperidine rings is 1. The lowest BCUT2D eigenvalue weighted by molar-refractivity contribution is -0.0959. The molecule has 0 aromatic rings. The first kappa shape index (κ1) is 18.2. The summed E-state index contributed by atoms with van der Waals surface area (Å²) in [5, 5.41) is 0. The average molecular weight is 329 g/mol. The quantitative estimate of drug-likeness (QED) is 0.799. The second-order valence-corrected chi connectivity index (χ2v) is 6.98. The Morgan fingerprint density at radius 3 is 2.62 bits per heavy atom. The second kappa shape index (κ2) is 6.97. The average Bonchev–Trinajstić information content (AvgIpc) is 2.23. The van der Waals surface area contributed by atoms with Crippen molar-refractivity contribution in [3.8, 4) is 0 Å². The molecule has 0 spiro atoms. The van der Waals surface area contributed by atoms with Crippen LogP contribution in [0.2, 0.25) is 0 Å². The van der Waals surface area contributed by atoms with Gasteiger partial charge >= 0.3 is 6.09 Å². The van der Waals surface area contributed by atoms with Gasteiger partial charge in [-0.05, 0) is 20.8 Å². The van der Waals surface area contributed by atoms with Crippen molar-refractivity contribution in [1.82, 2.24) is 4.90 Å². The van der Waals surface area contributed by atoms with Crippen molar-refractivity contribution < 1.29 is 31.8 Å². The third-order valence-corrected chi connectivity index (χ3v) is 3.05. The molecule has 1 amide bonds. The lowest BCUT2D eigenvalue weighted by Crippen LogP contribution is -2.51. The molecule has 2 atom stereocenters. The highest BCUT2D eigenvalue weighted by atomic mass is 32.2. The van der Waals surface area contributed by atoms with Gasteiger partial charge in [0.1, 0.15) is 11.5 Å². The molecule has 1 saturated heterocycles. The fourth-order valence-electron chi connectivity index (χ4n) is 2.07. The van der Waals surface area contributed by atoms with Crippen molar-refractivity contribution in [3.05, 3.63) is 0 Å². The highest BCUT2D eigenvalue weighted by Gasteiger charge is 2.43. The van der Waals surface area contributed by atoms with Gasteiger partial charge in [-0.1, -0.05) is 0 Å². The summed E-state index contributed by atoms with van der Waals surface area (Å²) < 4.78 is 56.3. The molecular weight excluding hydrogens is 308 g/mol. The van der Waals surface area contributed by atoms with Crippen LogP contribution in [0.1, 0.15) is 27.2 Å². The molecule has 1 fully saturated rings. The van der Waals surface area contributed by atoms with Gasteiger partial charge in [0.05, 0.1) is 13.2 Å². The number of alkyl halides is 2. The van der Waals surface area contributed by atoms with E-state index in [0.29, 0.717) is 0 Å². The lowest BCUT2D eigenvalue weighted by Gasteiger charge is -2.38. The van der Waals surface area contributed by atoms with Crippen LogP contribution in [0.3, 0.4) is 0 Å².